The standard InChI is InChI=1S/C26H47N5O/c1-18(2)28-8-9-32-26(17-28)12-20(26)10-19(3)31-22-6-7-23(31)16-29(15-22)25(4,5)30-14-21-11-24(30)13-27-21/h18-24,27H,6-17H2,1-5H3/t19?,20?,21-,22?,23?,24-,26?/m1/s1. The maximum absolute atomic E-state index is 6.39. The van der Waals surface area contributed by atoms with Gasteiger partial charge in [-0.1, -0.05) is 0 Å². The van der Waals surface area contributed by atoms with Crippen LogP contribution in [0.3, 0.4) is 0 Å². The largest absolute Gasteiger partial charge is 0.372 e. The van der Waals surface area contributed by atoms with E-state index in [-0.39, 0.29) is 11.3 Å². The summed E-state index contributed by atoms with van der Waals surface area (Å²) in [5.41, 5.74) is 0.372. The fourth-order valence-corrected chi connectivity index (χ4v) is 8.35. The average molecular weight is 446 g/mol. The number of nitrogens with zero attached hydrogens (tertiary/aromatic N) is 4. The van der Waals surface area contributed by atoms with Crippen molar-refractivity contribution in [2.24, 2.45) is 5.92 Å². The minimum absolute atomic E-state index is 0.183. The summed E-state index contributed by atoms with van der Waals surface area (Å²) >= 11 is 0. The second-order valence-corrected chi connectivity index (χ2v) is 12.8. The van der Waals surface area contributed by atoms with Crippen LogP contribution in [0.4, 0.5) is 0 Å². The molecule has 4 bridgehead atoms. The molecule has 0 aromatic heterocycles. The molecule has 6 nitrogen and oxygen atoms in total. The van der Waals surface area contributed by atoms with E-state index >= 15 is 0 Å². The first-order valence-electron chi connectivity index (χ1n) is 13.7. The molecule has 5 heterocycles. The Morgan fingerprint density at radius 3 is 2.44 bits per heavy atom. The lowest BCUT2D eigenvalue weighted by molar-refractivity contribution is -0.0931. The van der Waals surface area contributed by atoms with Crippen molar-refractivity contribution in [1.29, 1.82) is 0 Å². The predicted octanol–water partition coefficient (Wildman–Crippen LogP) is 2.20. The number of piperazine rings is 2. The van der Waals surface area contributed by atoms with Crippen LogP contribution in [0.1, 0.15) is 66.7 Å². The van der Waals surface area contributed by atoms with E-state index < -0.39 is 0 Å². The topological polar surface area (TPSA) is 34.2 Å². The van der Waals surface area contributed by atoms with Crippen LogP contribution in [0, 0.1) is 5.92 Å². The minimum atomic E-state index is 0.183. The van der Waals surface area contributed by atoms with Gasteiger partial charge in [0.15, 0.2) is 0 Å². The number of rotatable bonds is 6. The Kier molecular flexibility index (Phi) is 5.48. The highest BCUT2D eigenvalue weighted by atomic mass is 16.5. The lowest BCUT2D eigenvalue weighted by Crippen LogP contribution is -2.67. The van der Waals surface area contributed by atoms with Crippen LogP contribution in [0.5, 0.6) is 0 Å². The van der Waals surface area contributed by atoms with E-state index in [1.54, 1.807) is 0 Å². The number of nitrogens with one attached hydrogen (secondary N) is 1. The number of hydrogen-bond donors (Lipinski definition) is 1. The van der Waals surface area contributed by atoms with E-state index in [1.165, 1.54) is 58.3 Å². The molecule has 5 aliphatic heterocycles. The van der Waals surface area contributed by atoms with Gasteiger partial charge in [0, 0.05) is 75.5 Å². The number of fused-ring (bicyclic) bond motifs is 4. The molecule has 6 heteroatoms. The summed E-state index contributed by atoms with van der Waals surface area (Å²) in [5, 5.41) is 3.69. The molecular formula is C26H47N5O. The van der Waals surface area contributed by atoms with Crippen LogP contribution >= 0.6 is 0 Å². The van der Waals surface area contributed by atoms with E-state index in [9.17, 15) is 0 Å². The monoisotopic (exact) mass is 445 g/mol. The van der Waals surface area contributed by atoms with Gasteiger partial charge in [0.2, 0.25) is 0 Å². The van der Waals surface area contributed by atoms with Gasteiger partial charge in [-0.05, 0) is 72.6 Å². The van der Waals surface area contributed by atoms with Gasteiger partial charge in [-0.15, -0.1) is 0 Å². The fraction of sp³-hybridized carbons (Fsp3) is 1.00. The van der Waals surface area contributed by atoms with Crippen molar-refractivity contribution >= 4 is 0 Å². The molecule has 1 spiro atoms. The van der Waals surface area contributed by atoms with Crippen LogP contribution in [0.2, 0.25) is 0 Å². The quantitative estimate of drug-likeness (QED) is 0.675. The van der Waals surface area contributed by atoms with Crippen LogP contribution in [-0.2, 0) is 4.74 Å². The third-order valence-corrected chi connectivity index (χ3v) is 10.4. The number of likely N-dealkylation sites (tertiary alicyclic amines) is 2. The van der Waals surface area contributed by atoms with Gasteiger partial charge in [0.25, 0.3) is 0 Å². The highest BCUT2D eigenvalue weighted by Gasteiger charge is 2.59. The van der Waals surface area contributed by atoms with Crippen LogP contribution < -0.4 is 5.32 Å². The van der Waals surface area contributed by atoms with Crippen molar-refractivity contribution in [3.8, 4) is 0 Å². The number of ether oxygens (including phenoxy) is 1. The molecule has 5 saturated heterocycles. The van der Waals surface area contributed by atoms with E-state index in [2.05, 4.69) is 59.5 Å². The van der Waals surface area contributed by atoms with Gasteiger partial charge in [-0.3, -0.25) is 19.6 Å². The molecular weight excluding hydrogens is 398 g/mol. The molecule has 1 aliphatic carbocycles. The first kappa shape index (κ1) is 22.2. The van der Waals surface area contributed by atoms with Crippen molar-refractivity contribution in [2.75, 3.05) is 45.9 Å². The number of hydrogen-bond acceptors (Lipinski definition) is 6. The summed E-state index contributed by atoms with van der Waals surface area (Å²) in [7, 11) is 0. The summed E-state index contributed by atoms with van der Waals surface area (Å²) in [4.78, 5) is 11.3. The van der Waals surface area contributed by atoms with Crippen LogP contribution in [0.25, 0.3) is 0 Å². The van der Waals surface area contributed by atoms with E-state index in [1.807, 2.05) is 0 Å². The first-order chi connectivity index (χ1) is 15.3. The molecule has 182 valence electrons. The predicted molar refractivity (Wildman–Crippen MR) is 129 cm³/mol. The lowest BCUT2D eigenvalue weighted by Gasteiger charge is -2.54. The summed E-state index contributed by atoms with van der Waals surface area (Å²) in [5.74, 6) is 0.764. The Morgan fingerprint density at radius 1 is 1.06 bits per heavy atom. The third kappa shape index (κ3) is 3.59. The zero-order chi connectivity index (χ0) is 22.3. The molecule has 0 aromatic rings. The van der Waals surface area contributed by atoms with E-state index in [0.29, 0.717) is 12.1 Å². The van der Waals surface area contributed by atoms with Crippen molar-refractivity contribution in [3.63, 3.8) is 0 Å². The molecule has 0 aromatic carbocycles. The Hall–Kier alpha value is -0.240. The van der Waals surface area contributed by atoms with Crippen molar-refractivity contribution in [1.82, 2.24) is 24.9 Å². The Morgan fingerprint density at radius 2 is 1.81 bits per heavy atom. The van der Waals surface area contributed by atoms with Gasteiger partial charge in [-0.25, -0.2) is 0 Å². The van der Waals surface area contributed by atoms with Crippen LogP contribution in [-0.4, -0.2) is 113 Å². The van der Waals surface area contributed by atoms with Gasteiger partial charge in [0.1, 0.15) is 0 Å². The van der Waals surface area contributed by atoms with E-state index in [0.717, 1.165) is 49.8 Å². The normalized spacial score (nSPS) is 44.2. The van der Waals surface area contributed by atoms with Crippen molar-refractivity contribution in [2.45, 2.75) is 114 Å². The average Bonchev–Trinajstić information content (AvgIpc) is 3.13. The van der Waals surface area contributed by atoms with Gasteiger partial charge in [-0.2, -0.15) is 0 Å². The second-order valence-electron chi connectivity index (χ2n) is 12.8. The Labute approximate surface area is 196 Å². The lowest BCUT2D eigenvalue weighted by atomic mass is 10.00. The summed E-state index contributed by atoms with van der Waals surface area (Å²) in [6, 6.07) is 4.30. The zero-order valence-corrected chi connectivity index (χ0v) is 21.2. The first-order valence-corrected chi connectivity index (χ1v) is 13.7. The van der Waals surface area contributed by atoms with Gasteiger partial charge < -0.3 is 10.1 Å². The zero-order valence-electron chi connectivity index (χ0n) is 21.2. The molecule has 6 fully saturated rings. The SMILES string of the molecule is CC(C)N1CCOC2(CC2CC(C)N2C3CCC2CN(C(C)(C)N2C[C@H]4C[C@@H]2CN4)C3)C1. The Bertz CT molecular complexity index is 700. The molecule has 6 aliphatic rings. The van der Waals surface area contributed by atoms with Crippen molar-refractivity contribution in [3.05, 3.63) is 0 Å². The molecule has 32 heavy (non-hydrogen) atoms. The van der Waals surface area contributed by atoms with Crippen LogP contribution in [0.15, 0.2) is 0 Å². The second kappa shape index (κ2) is 7.89. The molecule has 0 radical (unpaired) electrons. The smallest absolute Gasteiger partial charge is 0.0842 e. The maximum atomic E-state index is 6.39. The summed E-state index contributed by atoms with van der Waals surface area (Å²) < 4.78 is 6.39. The fourth-order valence-electron chi connectivity index (χ4n) is 8.35. The van der Waals surface area contributed by atoms with Gasteiger partial charge >= 0.3 is 0 Å². The summed E-state index contributed by atoms with van der Waals surface area (Å²) in [6.07, 6.45) is 6.75. The van der Waals surface area contributed by atoms with Crippen molar-refractivity contribution < 1.29 is 4.74 Å². The number of morpholine rings is 1. The molecule has 0 amide bonds. The minimum Gasteiger partial charge on any atom is -0.372 e. The maximum Gasteiger partial charge on any atom is 0.0842 e. The molecule has 6 rings (SSSR count). The molecule has 5 unspecified atom stereocenters. The van der Waals surface area contributed by atoms with E-state index in [4.69, 9.17) is 4.74 Å². The van der Waals surface area contributed by atoms with Gasteiger partial charge in [0.05, 0.1) is 17.9 Å². The molecule has 1 saturated carbocycles. The Balaban J connectivity index is 1.07. The summed E-state index contributed by atoms with van der Waals surface area (Å²) in [6.45, 7) is 20.3. The highest BCUT2D eigenvalue weighted by Crippen LogP contribution is 2.52. The third-order valence-electron chi connectivity index (χ3n) is 10.4. The molecule has 1 N–H and O–H groups in total. The molecule has 7 atom stereocenters. The highest BCUT2D eigenvalue weighted by molar-refractivity contribution is 5.11.